The van der Waals surface area contributed by atoms with Crippen molar-refractivity contribution in [2.75, 3.05) is 13.2 Å². The number of nitrogens with two attached hydrogens (primary N) is 1. The van der Waals surface area contributed by atoms with Gasteiger partial charge in [0.05, 0.1) is 0 Å². The van der Waals surface area contributed by atoms with Gasteiger partial charge in [-0.05, 0) is 25.3 Å². The Hall–Kier alpha value is -2.64. The third-order valence-electron chi connectivity index (χ3n) is 3.51. The Morgan fingerprint density at radius 2 is 2.14 bits per heavy atom. The number of piperidine rings is 1. The lowest BCUT2D eigenvalue weighted by Gasteiger charge is -2.33. The lowest BCUT2D eigenvalue weighted by Crippen LogP contribution is -2.51. The molecule has 1 atom stereocenters. The van der Waals surface area contributed by atoms with Gasteiger partial charge in [-0.15, -0.1) is 0 Å². The molecule has 2 rings (SSSR count). The lowest BCUT2D eigenvalue weighted by atomic mass is 10.0. The predicted molar refractivity (Wildman–Crippen MR) is 74.2 cm³/mol. The van der Waals surface area contributed by atoms with Crippen LogP contribution in [-0.4, -0.2) is 41.9 Å². The van der Waals surface area contributed by atoms with Crippen LogP contribution in [0.15, 0.2) is 24.4 Å². The molecule has 0 aromatic carbocycles. The van der Waals surface area contributed by atoms with Crippen LogP contribution in [0.1, 0.15) is 29.8 Å². The van der Waals surface area contributed by atoms with Crippen LogP contribution >= 0.6 is 0 Å². The maximum absolute atomic E-state index is 12.1. The highest BCUT2D eigenvalue weighted by Gasteiger charge is 2.31. The fourth-order valence-electron chi connectivity index (χ4n) is 2.40. The fraction of sp³-hybridized carbons (Fsp3) is 0.429. The molecule has 1 aromatic heterocycles. The number of ether oxygens (including phenoxy) is 1. The van der Waals surface area contributed by atoms with E-state index in [2.05, 4.69) is 0 Å². The monoisotopic (exact) mass is 307 g/mol. The molecule has 2 N–H and O–H groups in total. The average Bonchev–Trinajstić information content (AvgIpc) is 2.52. The molecule has 1 aliphatic heterocycles. The van der Waals surface area contributed by atoms with Crippen molar-refractivity contribution in [3.8, 4) is 0 Å². The Labute approximate surface area is 127 Å². The number of pyridine rings is 1. The van der Waals surface area contributed by atoms with E-state index in [1.54, 1.807) is 0 Å². The second kappa shape index (κ2) is 6.88. The number of likely N-dealkylation sites (tertiary alicyclic amines) is 1. The minimum Gasteiger partial charge on any atom is -0.618 e. The molecule has 118 valence electrons. The Balaban J connectivity index is 1.96. The SMILES string of the molecule is NC(=O)[C@H]1CCCCN1C(=O)COC(=O)c1cccc[n+]1[O-]. The quantitative estimate of drug-likeness (QED) is 0.450. The largest absolute Gasteiger partial charge is 0.618 e. The molecule has 0 unspecified atom stereocenters. The van der Waals surface area contributed by atoms with Gasteiger partial charge in [-0.1, -0.05) is 0 Å². The Morgan fingerprint density at radius 1 is 1.36 bits per heavy atom. The summed E-state index contributed by atoms with van der Waals surface area (Å²) in [7, 11) is 0. The molecule has 1 aliphatic rings. The number of hydrogen-bond donors (Lipinski definition) is 1. The van der Waals surface area contributed by atoms with Crippen LogP contribution in [0.2, 0.25) is 0 Å². The summed E-state index contributed by atoms with van der Waals surface area (Å²) < 4.78 is 5.21. The second-order valence-electron chi connectivity index (χ2n) is 4.99. The van der Waals surface area contributed by atoms with Crippen LogP contribution < -0.4 is 10.5 Å². The normalized spacial score (nSPS) is 17.8. The van der Waals surface area contributed by atoms with Gasteiger partial charge in [0.1, 0.15) is 6.04 Å². The summed E-state index contributed by atoms with van der Waals surface area (Å²) in [5, 5.41) is 11.4. The Kier molecular flexibility index (Phi) is 4.92. The molecule has 22 heavy (non-hydrogen) atoms. The van der Waals surface area contributed by atoms with Crippen molar-refractivity contribution < 1.29 is 23.9 Å². The molecule has 0 saturated carbocycles. The van der Waals surface area contributed by atoms with Crippen LogP contribution in [0, 0.1) is 5.21 Å². The van der Waals surface area contributed by atoms with E-state index in [9.17, 15) is 19.6 Å². The summed E-state index contributed by atoms with van der Waals surface area (Å²) in [5.41, 5.74) is 5.07. The first-order chi connectivity index (χ1) is 10.5. The first-order valence-electron chi connectivity index (χ1n) is 6.95. The van der Waals surface area contributed by atoms with Gasteiger partial charge < -0.3 is 20.6 Å². The molecule has 1 saturated heterocycles. The molecule has 0 radical (unpaired) electrons. The van der Waals surface area contributed by atoms with E-state index in [1.165, 1.54) is 23.1 Å². The van der Waals surface area contributed by atoms with Gasteiger partial charge in [0, 0.05) is 18.7 Å². The zero-order valence-electron chi connectivity index (χ0n) is 11.9. The van der Waals surface area contributed by atoms with Crippen LogP contribution in [0.25, 0.3) is 0 Å². The number of carbonyl (C=O) groups excluding carboxylic acids is 3. The zero-order chi connectivity index (χ0) is 16.1. The van der Waals surface area contributed by atoms with E-state index in [0.29, 0.717) is 17.7 Å². The topological polar surface area (TPSA) is 117 Å². The van der Waals surface area contributed by atoms with Crippen molar-refractivity contribution in [3.63, 3.8) is 0 Å². The first-order valence-corrected chi connectivity index (χ1v) is 6.95. The first kappa shape index (κ1) is 15.7. The van der Waals surface area contributed by atoms with Crippen LogP contribution in [0.3, 0.4) is 0 Å². The smallest absolute Gasteiger partial charge is 0.405 e. The highest BCUT2D eigenvalue weighted by molar-refractivity contribution is 5.90. The molecule has 1 aromatic rings. The molecule has 0 aliphatic carbocycles. The van der Waals surface area contributed by atoms with Gasteiger partial charge in [-0.2, -0.15) is 4.73 Å². The van der Waals surface area contributed by atoms with Crippen molar-refractivity contribution in [1.82, 2.24) is 4.90 Å². The number of carbonyl (C=O) groups is 3. The second-order valence-corrected chi connectivity index (χ2v) is 4.99. The van der Waals surface area contributed by atoms with Gasteiger partial charge >= 0.3 is 11.7 Å². The van der Waals surface area contributed by atoms with E-state index < -0.39 is 30.4 Å². The molecular weight excluding hydrogens is 290 g/mol. The van der Waals surface area contributed by atoms with E-state index in [-0.39, 0.29) is 5.69 Å². The number of nitrogens with zero attached hydrogens (tertiary/aromatic N) is 2. The molecule has 0 bridgehead atoms. The van der Waals surface area contributed by atoms with Gasteiger partial charge in [0.25, 0.3) is 5.91 Å². The Morgan fingerprint density at radius 3 is 2.82 bits per heavy atom. The lowest BCUT2D eigenvalue weighted by molar-refractivity contribution is -0.608. The van der Waals surface area contributed by atoms with E-state index in [1.807, 2.05) is 0 Å². The summed E-state index contributed by atoms with van der Waals surface area (Å²) in [6.07, 6.45) is 3.25. The zero-order valence-corrected chi connectivity index (χ0v) is 11.9. The van der Waals surface area contributed by atoms with Crippen molar-refractivity contribution in [3.05, 3.63) is 35.3 Å². The summed E-state index contributed by atoms with van der Waals surface area (Å²) in [4.78, 5) is 36.5. The third kappa shape index (κ3) is 3.51. The number of amides is 2. The van der Waals surface area contributed by atoms with Crippen molar-refractivity contribution >= 4 is 17.8 Å². The van der Waals surface area contributed by atoms with Crippen LogP contribution in [0.4, 0.5) is 0 Å². The van der Waals surface area contributed by atoms with Gasteiger partial charge in [-0.25, -0.2) is 4.79 Å². The highest BCUT2D eigenvalue weighted by atomic mass is 16.5. The van der Waals surface area contributed by atoms with Gasteiger partial charge in [0.15, 0.2) is 12.8 Å². The molecular formula is C14H17N3O5. The number of esters is 1. The molecule has 1 fully saturated rings. The maximum Gasteiger partial charge on any atom is 0.405 e. The number of aromatic nitrogens is 1. The maximum atomic E-state index is 12.1. The fourth-order valence-corrected chi connectivity index (χ4v) is 2.40. The minimum absolute atomic E-state index is 0.208. The molecule has 2 heterocycles. The highest BCUT2D eigenvalue weighted by Crippen LogP contribution is 2.17. The minimum atomic E-state index is -0.892. The molecule has 0 spiro atoms. The predicted octanol–water partition coefficient (Wildman–Crippen LogP) is -0.657. The van der Waals surface area contributed by atoms with Crippen molar-refractivity contribution in [2.45, 2.75) is 25.3 Å². The third-order valence-corrected chi connectivity index (χ3v) is 3.51. The summed E-state index contributed by atoms with van der Waals surface area (Å²) in [6.45, 7) is -0.131. The van der Waals surface area contributed by atoms with E-state index in [0.717, 1.165) is 19.0 Å². The Bertz CT molecular complexity index is 590. The molecule has 8 heteroatoms. The van der Waals surface area contributed by atoms with Gasteiger partial charge in [0.2, 0.25) is 5.91 Å². The van der Waals surface area contributed by atoms with Gasteiger partial charge in [-0.3, -0.25) is 9.59 Å². The molecule has 8 nitrogen and oxygen atoms in total. The van der Waals surface area contributed by atoms with E-state index >= 15 is 0 Å². The number of primary amides is 1. The van der Waals surface area contributed by atoms with Crippen LogP contribution in [0.5, 0.6) is 0 Å². The molecule has 2 amide bonds. The summed E-state index contributed by atoms with van der Waals surface area (Å²) >= 11 is 0. The van der Waals surface area contributed by atoms with Crippen LogP contribution in [-0.2, 0) is 14.3 Å². The summed E-state index contributed by atoms with van der Waals surface area (Å²) in [6, 6.07) is 3.62. The summed E-state index contributed by atoms with van der Waals surface area (Å²) in [5.74, 6) is -1.96. The number of hydrogen-bond acceptors (Lipinski definition) is 5. The van der Waals surface area contributed by atoms with Crippen molar-refractivity contribution in [1.29, 1.82) is 0 Å². The van der Waals surface area contributed by atoms with E-state index in [4.69, 9.17) is 10.5 Å². The number of rotatable bonds is 4. The standard InChI is InChI=1S/C14H17N3O5/c15-13(19)10-5-1-3-7-16(10)12(18)9-22-14(20)11-6-2-4-8-17(11)21/h2,4,6,8,10H,1,3,5,7,9H2,(H2,15,19)/t10-/m1/s1. The van der Waals surface area contributed by atoms with Crippen molar-refractivity contribution in [2.24, 2.45) is 5.73 Å². The average molecular weight is 307 g/mol.